The normalized spacial score (nSPS) is 18.3. The zero-order valence-corrected chi connectivity index (χ0v) is 16.3. The summed E-state index contributed by atoms with van der Waals surface area (Å²) in [6.07, 6.45) is -0.423. The van der Waals surface area contributed by atoms with E-state index in [2.05, 4.69) is 71.3 Å². The number of nitrogens with zero attached hydrogens (tertiary/aromatic N) is 2. The molecular formula is C23H32N2O2. The van der Waals surface area contributed by atoms with Gasteiger partial charge in [-0.1, -0.05) is 67.6 Å². The van der Waals surface area contributed by atoms with E-state index in [4.69, 9.17) is 4.74 Å². The van der Waals surface area contributed by atoms with Crippen LogP contribution in [0.1, 0.15) is 24.0 Å². The maximum atomic E-state index is 10.3. The topological polar surface area (TPSA) is 35.9 Å². The van der Waals surface area contributed by atoms with Crippen LogP contribution in [0.25, 0.3) is 0 Å². The van der Waals surface area contributed by atoms with E-state index < -0.39 is 6.10 Å². The third kappa shape index (κ3) is 6.74. The van der Waals surface area contributed by atoms with Crippen LogP contribution in [0.2, 0.25) is 0 Å². The van der Waals surface area contributed by atoms with E-state index in [1.54, 1.807) is 0 Å². The summed E-state index contributed by atoms with van der Waals surface area (Å²) in [7, 11) is 0. The van der Waals surface area contributed by atoms with Crippen LogP contribution in [0.3, 0.4) is 0 Å². The van der Waals surface area contributed by atoms with Crippen molar-refractivity contribution >= 4 is 0 Å². The Bertz CT molecular complexity index is 642. The first-order chi connectivity index (χ1) is 13.2. The summed E-state index contributed by atoms with van der Waals surface area (Å²) in [6.45, 7) is 9.02. The van der Waals surface area contributed by atoms with Crippen LogP contribution in [0.4, 0.5) is 0 Å². The molecule has 27 heavy (non-hydrogen) atoms. The quantitative estimate of drug-likeness (QED) is 0.738. The number of benzene rings is 2. The number of rotatable bonds is 9. The molecule has 0 radical (unpaired) electrons. The molecule has 0 aliphatic carbocycles. The molecule has 0 amide bonds. The zero-order valence-electron chi connectivity index (χ0n) is 16.3. The van der Waals surface area contributed by atoms with E-state index in [1.807, 2.05) is 6.07 Å². The van der Waals surface area contributed by atoms with Crippen LogP contribution in [0.15, 0.2) is 60.7 Å². The molecule has 146 valence electrons. The summed E-state index contributed by atoms with van der Waals surface area (Å²) in [5, 5.41) is 10.3. The molecule has 0 bridgehead atoms. The van der Waals surface area contributed by atoms with Gasteiger partial charge in [0.25, 0.3) is 0 Å². The molecule has 4 heteroatoms. The molecule has 2 atom stereocenters. The summed E-state index contributed by atoms with van der Waals surface area (Å²) in [4.78, 5) is 4.83. The SMILES string of the molecule is CC(COCC(O)CN1CCN(Cc2ccccc2)CC1)c1ccccc1. The molecular weight excluding hydrogens is 336 g/mol. The van der Waals surface area contributed by atoms with Gasteiger partial charge in [-0.15, -0.1) is 0 Å². The van der Waals surface area contributed by atoms with E-state index in [1.165, 1.54) is 11.1 Å². The van der Waals surface area contributed by atoms with Gasteiger partial charge in [-0.25, -0.2) is 0 Å². The molecule has 4 nitrogen and oxygen atoms in total. The summed E-state index contributed by atoms with van der Waals surface area (Å²) in [5.74, 6) is 0.347. The summed E-state index contributed by atoms with van der Waals surface area (Å²) in [5.41, 5.74) is 2.65. The summed E-state index contributed by atoms with van der Waals surface area (Å²) >= 11 is 0. The summed E-state index contributed by atoms with van der Waals surface area (Å²) < 4.78 is 5.77. The van der Waals surface area contributed by atoms with Gasteiger partial charge in [0, 0.05) is 45.2 Å². The molecule has 0 saturated carbocycles. The fourth-order valence-corrected chi connectivity index (χ4v) is 3.58. The van der Waals surface area contributed by atoms with Gasteiger partial charge in [-0.05, 0) is 11.1 Å². The van der Waals surface area contributed by atoms with Gasteiger partial charge in [-0.2, -0.15) is 0 Å². The van der Waals surface area contributed by atoms with Crippen molar-refractivity contribution in [1.82, 2.24) is 9.80 Å². The van der Waals surface area contributed by atoms with Gasteiger partial charge in [-0.3, -0.25) is 9.80 Å². The zero-order chi connectivity index (χ0) is 18.9. The molecule has 1 N–H and O–H groups in total. The number of hydrogen-bond donors (Lipinski definition) is 1. The number of ether oxygens (including phenoxy) is 1. The average Bonchev–Trinajstić information content (AvgIpc) is 2.71. The Kier molecular flexibility index (Phi) is 7.84. The van der Waals surface area contributed by atoms with Crippen molar-refractivity contribution in [1.29, 1.82) is 0 Å². The predicted molar refractivity (Wildman–Crippen MR) is 110 cm³/mol. The highest BCUT2D eigenvalue weighted by atomic mass is 16.5. The first-order valence-electron chi connectivity index (χ1n) is 10.00. The van der Waals surface area contributed by atoms with E-state index >= 15 is 0 Å². The van der Waals surface area contributed by atoms with Crippen molar-refractivity contribution in [2.45, 2.75) is 25.5 Å². The fraction of sp³-hybridized carbons (Fsp3) is 0.478. The Morgan fingerprint density at radius 2 is 1.44 bits per heavy atom. The first-order valence-corrected chi connectivity index (χ1v) is 10.00. The lowest BCUT2D eigenvalue weighted by molar-refractivity contribution is 0.00364. The highest BCUT2D eigenvalue weighted by Crippen LogP contribution is 2.15. The number of hydrogen-bond acceptors (Lipinski definition) is 4. The molecule has 2 aromatic rings. The van der Waals surface area contributed by atoms with Gasteiger partial charge in [0.1, 0.15) is 0 Å². The molecule has 1 aliphatic heterocycles. The van der Waals surface area contributed by atoms with E-state index in [9.17, 15) is 5.11 Å². The van der Waals surface area contributed by atoms with Crippen LogP contribution in [-0.4, -0.2) is 66.9 Å². The highest BCUT2D eigenvalue weighted by molar-refractivity contribution is 5.18. The Balaban J connectivity index is 1.30. The van der Waals surface area contributed by atoms with Gasteiger partial charge >= 0.3 is 0 Å². The largest absolute Gasteiger partial charge is 0.389 e. The number of piperazine rings is 1. The van der Waals surface area contributed by atoms with Gasteiger partial charge in [0.2, 0.25) is 0 Å². The van der Waals surface area contributed by atoms with Crippen LogP contribution < -0.4 is 0 Å². The lowest BCUT2D eigenvalue weighted by Crippen LogP contribution is -2.48. The third-order valence-corrected chi connectivity index (χ3v) is 5.23. The minimum absolute atomic E-state index is 0.347. The van der Waals surface area contributed by atoms with Crippen molar-refractivity contribution in [3.8, 4) is 0 Å². The Hall–Kier alpha value is -1.72. The molecule has 1 heterocycles. The summed E-state index contributed by atoms with van der Waals surface area (Å²) in [6, 6.07) is 21.0. The molecule has 2 aromatic carbocycles. The van der Waals surface area contributed by atoms with Crippen LogP contribution >= 0.6 is 0 Å². The Morgan fingerprint density at radius 3 is 2.11 bits per heavy atom. The van der Waals surface area contributed by atoms with Crippen LogP contribution in [0.5, 0.6) is 0 Å². The first kappa shape index (κ1) is 20.0. The highest BCUT2D eigenvalue weighted by Gasteiger charge is 2.19. The average molecular weight is 369 g/mol. The van der Waals surface area contributed by atoms with Crippen molar-refractivity contribution in [3.63, 3.8) is 0 Å². The lowest BCUT2D eigenvalue weighted by atomic mass is 10.0. The standard InChI is InChI=1S/C23H32N2O2/c1-20(22-10-6-3-7-11-22)18-27-19-23(26)17-25-14-12-24(13-15-25)16-21-8-4-2-5-9-21/h2-11,20,23,26H,12-19H2,1H3. The molecule has 1 aliphatic rings. The maximum Gasteiger partial charge on any atom is 0.0900 e. The van der Waals surface area contributed by atoms with Crippen molar-refractivity contribution in [2.24, 2.45) is 0 Å². The molecule has 0 spiro atoms. The minimum atomic E-state index is -0.423. The smallest absolute Gasteiger partial charge is 0.0900 e. The molecule has 3 rings (SSSR count). The Morgan fingerprint density at radius 1 is 0.852 bits per heavy atom. The molecule has 1 saturated heterocycles. The monoisotopic (exact) mass is 368 g/mol. The maximum absolute atomic E-state index is 10.3. The second-order valence-corrected chi connectivity index (χ2v) is 7.57. The number of aliphatic hydroxyl groups is 1. The van der Waals surface area contributed by atoms with E-state index in [-0.39, 0.29) is 0 Å². The van der Waals surface area contributed by atoms with E-state index in [0.29, 0.717) is 25.7 Å². The number of β-amino-alcohol motifs (C(OH)–C–C–N with tert-alkyl or cyclic N) is 1. The molecule has 0 aromatic heterocycles. The third-order valence-electron chi connectivity index (χ3n) is 5.23. The second kappa shape index (κ2) is 10.6. The van der Waals surface area contributed by atoms with Gasteiger partial charge in [0.05, 0.1) is 19.3 Å². The fourth-order valence-electron chi connectivity index (χ4n) is 3.58. The van der Waals surface area contributed by atoms with Gasteiger partial charge < -0.3 is 9.84 Å². The predicted octanol–water partition coefficient (Wildman–Crippen LogP) is 2.99. The van der Waals surface area contributed by atoms with Gasteiger partial charge in [0.15, 0.2) is 0 Å². The molecule has 1 fully saturated rings. The van der Waals surface area contributed by atoms with Crippen molar-refractivity contribution in [2.75, 3.05) is 45.9 Å². The van der Waals surface area contributed by atoms with E-state index in [0.717, 1.165) is 32.7 Å². The number of aliphatic hydroxyl groups excluding tert-OH is 1. The van der Waals surface area contributed by atoms with Crippen LogP contribution in [-0.2, 0) is 11.3 Å². The Labute approximate surface area is 163 Å². The second-order valence-electron chi connectivity index (χ2n) is 7.57. The lowest BCUT2D eigenvalue weighted by Gasteiger charge is -2.35. The van der Waals surface area contributed by atoms with Crippen molar-refractivity contribution in [3.05, 3.63) is 71.8 Å². The van der Waals surface area contributed by atoms with Crippen LogP contribution in [0, 0.1) is 0 Å². The van der Waals surface area contributed by atoms with Crippen molar-refractivity contribution < 1.29 is 9.84 Å². The minimum Gasteiger partial charge on any atom is -0.389 e. The molecule has 2 unspecified atom stereocenters.